The Bertz CT molecular complexity index is 482. The molecule has 18 heavy (non-hydrogen) atoms. The Labute approximate surface area is 114 Å². The van der Waals surface area contributed by atoms with E-state index in [0.29, 0.717) is 11.7 Å². The lowest BCUT2D eigenvalue weighted by atomic mass is 9.99. The van der Waals surface area contributed by atoms with Gasteiger partial charge in [-0.15, -0.1) is 0 Å². The fourth-order valence-electron chi connectivity index (χ4n) is 1.98. The maximum atomic E-state index is 11.2. The van der Waals surface area contributed by atoms with Crippen LogP contribution in [0.1, 0.15) is 45.4 Å². The van der Waals surface area contributed by atoms with E-state index in [1.807, 2.05) is 4.57 Å². The van der Waals surface area contributed by atoms with Gasteiger partial charge in [-0.2, -0.15) is 0 Å². The van der Waals surface area contributed by atoms with E-state index in [-0.39, 0.29) is 5.03 Å². The standard InChI is InChI=1S/C12H21ClN2O2S/c1-4-6-7-11(5-2)8-15-9-12(14-10(15)3)18(13,16)17/h9,11H,4-8H2,1-3H3. The highest BCUT2D eigenvalue weighted by Gasteiger charge is 2.17. The highest BCUT2D eigenvalue weighted by Crippen LogP contribution is 2.19. The fourth-order valence-corrected chi connectivity index (χ4v) is 2.69. The van der Waals surface area contributed by atoms with E-state index in [0.717, 1.165) is 19.4 Å². The predicted molar refractivity (Wildman–Crippen MR) is 73.3 cm³/mol. The first-order valence-corrected chi connectivity index (χ1v) is 8.67. The molecular weight excluding hydrogens is 272 g/mol. The molecule has 1 aromatic heterocycles. The van der Waals surface area contributed by atoms with Gasteiger partial charge in [-0.3, -0.25) is 0 Å². The van der Waals surface area contributed by atoms with Crippen LogP contribution in [0, 0.1) is 12.8 Å². The molecule has 0 aliphatic heterocycles. The molecule has 1 aromatic rings. The molecule has 4 nitrogen and oxygen atoms in total. The first-order valence-electron chi connectivity index (χ1n) is 6.36. The summed E-state index contributed by atoms with van der Waals surface area (Å²) in [7, 11) is 1.57. The maximum Gasteiger partial charge on any atom is 0.280 e. The number of imidazole rings is 1. The Morgan fingerprint density at radius 2 is 2.11 bits per heavy atom. The lowest BCUT2D eigenvalue weighted by Gasteiger charge is -2.15. The van der Waals surface area contributed by atoms with Crippen LogP contribution in [-0.4, -0.2) is 18.0 Å². The molecule has 1 rings (SSSR count). The van der Waals surface area contributed by atoms with Gasteiger partial charge in [0.1, 0.15) is 5.82 Å². The van der Waals surface area contributed by atoms with Gasteiger partial charge in [-0.25, -0.2) is 13.4 Å². The Balaban J connectivity index is 2.80. The molecule has 0 aliphatic carbocycles. The monoisotopic (exact) mass is 292 g/mol. The van der Waals surface area contributed by atoms with Gasteiger partial charge in [-0.05, 0) is 19.3 Å². The molecule has 1 unspecified atom stereocenters. The van der Waals surface area contributed by atoms with Crippen molar-refractivity contribution in [2.75, 3.05) is 0 Å². The molecule has 0 fully saturated rings. The largest absolute Gasteiger partial charge is 0.333 e. The molecule has 0 radical (unpaired) electrons. The normalized spacial score (nSPS) is 13.8. The number of hydrogen-bond donors (Lipinski definition) is 0. The third kappa shape index (κ3) is 4.28. The summed E-state index contributed by atoms with van der Waals surface area (Å²) < 4.78 is 24.3. The van der Waals surface area contributed by atoms with E-state index in [4.69, 9.17) is 10.7 Å². The summed E-state index contributed by atoms with van der Waals surface area (Å²) in [5.74, 6) is 1.26. The lowest BCUT2D eigenvalue weighted by molar-refractivity contribution is 0.387. The average molecular weight is 293 g/mol. The van der Waals surface area contributed by atoms with Crippen LogP contribution in [0.15, 0.2) is 11.2 Å². The zero-order valence-corrected chi connectivity index (χ0v) is 12.8. The van der Waals surface area contributed by atoms with Crippen LogP contribution in [0.25, 0.3) is 0 Å². The van der Waals surface area contributed by atoms with Crippen LogP contribution in [0.2, 0.25) is 0 Å². The Morgan fingerprint density at radius 1 is 1.44 bits per heavy atom. The molecule has 104 valence electrons. The number of aryl methyl sites for hydroxylation is 1. The van der Waals surface area contributed by atoms with Gasteiger partial charge in [-0.1, -0.05) is 33.1 Å². The van der Waals surface area contributed by atoms with Crippen LogP contribution in [-0.2, 0) is 15.6 Å². The van der Waals surface area contributed by atoms with Crippen molar-refractivity contribution < 1.29 is 8.42 Å². The molecule has 0 spiro atoms. The third-order valence-corrected chi connectivity index (χ3v) is 4.37. The average Bonchev–Trinajstić information content (AvgIpc) is 2.66. The summed E-state index contributed by atoms with van der Waals surface area (Å²) in [6.07, 6.45) is 6.16. The topological polar surface area (TPSA) is 52.0 Å². The van der Waals surface area contributed by atoms with Crippen LogP contribution in [0.4, 0.5) is 0 Å². The Kier molecular flexibility index (Phi) is 5.66. The van der Waals surface area contributed by atoms with Crippen LogP contribution < -0.4 is 0 Å². The molecule has 1 heterocycles. The number of unbranched alkanes of at least 4 members (excludes halogenated alkanes) is 1. The van der Waals surface area contributed by atoms with Crippen LogP contribution in [0.5, 0.6) is 0 Å². The number of rotatable bonds is 7. The van der Waals surface area contributed by atoms with Crippen molar-refractivity contribution >= 4 is 19.7 Å². The van der Waals surface area contributed by atoms with E-state index < -0.39 is 9.05 Å². The summed E-state index contributed by atoms with van der Waals surface area (Å²) >= 11 is 0. The second-order valence-electron chi connectivity index (χ2n) is 4.63. The number of halogens is 1. The summed E-state index contributed by atoms with van der Waals surface area (Å²) in [5.41, 5.74) is 0. The SMILES string of the molecule is CCCCC(CC)Cn1cc(S(=O)(=O)Cl)nc1C. The van der Waals surface area contributed by atoms with Gasteiger partial charge in [0.25, 0.3) is 9.05 Å². The number of nitrogens with zero attached hydrogens (tertiary/aromatic N) is 2. The van der Waals surface area contributed by atoms with Gasteiger partial charge < -0.3 is 4.57 Å². The highest BCUT2D eigenvalue weighted by atomic mass is 35.7. The molecule has 0 N–H and O–H groups in total. The summed E-state index contributed by atoms with van der Waals surface area (Å²) in [5, 5.41) is -0.0491. The van der Waals surface area contributed by atoms with Crippen LogP contribution in [0.3, 0.4) is 0 Å². The summed E-state index contributed by atoms with van der Waals surface area (Å²) in [6, 6.07) is 0. The molecule has 0 amide bonds. The molecule has 0 saturated heterocycles. The molecular formula is C12H21ClN2O2S. The molecule has 0 aliphatic rings. The first kappa shape index (κ1) is 15.5. The predicted octanol–water partition coefficient (Wildman–Crippen LogP) is 3.34. The Hall–Kier alpha value is -0.550. The summed E-state index contributed by atoms with van der Waals surface area (Å²) in [4.78, 5) is 3.99. The fraction of sp³-hybridized carbons (Fsp3) is 0.750. The summed E-state index contributed by atoms with van der Waals surface area (Å²) in [6.45, 7) is 6.94. The van der Waals surface area contributed by atoms with E-state index in [1.54, 1.807) is 6.92 Å². The van der Waals surface area contributed by atoms with Gasteiger partial charge in [0.15, 0.2) is 5.03 Å². The van der Waals surface area contributed by atoms with Crippen molar-refractivity contribution in [2.45, 2.75) is 58.0 Å². The van der Waals surface area contributed by atoms with Crippen molar-refractivity contribution in [1.82, 2.24) is 9.55 Å². The molecule has 1 atom stereocenters. The van der Waals surface area contributed by atoms with Gasteiger partial charge in [0, 0.05) is 23.4 Å². The minimum absolute atomic E-state index is 0.0491. The van der Waals surface area contributed by atoms with Gasteiger partial charge in [0.2, 0.25) is 0 Å². The minimum Gasteiger partial charge on any atom is -0.333 e. The number of aromatic nitrogens is 2. The second-order valence-corrected chi connectivity index (χ2v) is 7.15. The molecule has 0 aromatic carbocycles. The molecule has 0 saturated carbocycles. The van der Waals surface area contributed by atoms with Crippen molar-refractivity contribution in [3.63, 3.8) is 0 Å². The van der Waals surface area contributed by atoms with Gasteiger partial charge in [0.05, 0.1) is 0 Å². The van der Waals surface area contributed by atoms with Gasteiger partial charge >= 0.3 is 0 Å². The van der Waals surface area contributed by atoms with Crippen LogP contribution >= 0.6 is 10.7 Å². The van der Waals surface area contributed by atoms with Crippen molar-refractivity contribution in [3.8, 4) is 0 Å². The second kappa shape index (κ2) is 6.57. The Morgan fingerprint density at radius 3 is 2.56 bits per heavy atom. The highest BCUT2D eigenvalue weighted by molar-refractivity contribution is 8.13. The quantitative estimate of drug-likeness (QED) is 0.724. The first-order chi connectivity index (χ1) is 8.38. The zero-order chi connectivity index (χ0) is 13.8. The van der Waals surface area contributed by atoms with Crippen molar-refractivity contribution in [1.29, 1.82) is 0 Å². The third-order valence-electron chi connectivity index (χ3n) is 3.20. The smallest absolute Gasteiger partial charge is 0.280 e. The zero-order valence-electron chi connectivity index (χ0n) is 11.2. The van der Waals surface area contributed by atoms with E-state index in [2.05, 4.69) is 18.8 Å². The maximum absolute atomic E-state index is 11.2. The van der Waals surface area contributed by atoms with E-state index in [9.17, 15) is 8.42 Å². The molecule has 0 bridgehead atoms. The molecule has 6 heteroatoms. The minimum atomic E-state index is -3.72. The number of hydrogen-bond acceptors (Lipinski definition) is 3. The van der Waals surface area contributed by atoms with E-state index >= 15 is 0 Å². The lowest BCUT2D eigenvalue weighted by Crippen LogP contribution is -2.10. The van der Waals surface area contributed by atoms with Crippen molar-refractivity contribution in [3.05, 3.63) is 12.0 Å². The van der Waals surface area contributed by atoms with Crippen molar-refractivity contribution in [2.24, 2.45) is 5.92 Å². The van der Waals surface area contributed by atoms with E-state index in [1.165, 1.54) is 19.0 Å².